The molecule has 2 N–H and O–H groups in total. The lowest BCUT2D eigenvalue weighted by Gasteiger charge is -2.36. The highest BCUT2D eigenvalue weighted by Crippen LogP contribution is 2.31. The summed E-state index contributed by atoms with van der Waals surface area (Å²) in [5.74, 6) is -1.09. The molecule has 4 aromatic rings. The summed E-state index contributed by atoms with van der Waals surface area (Å²) < 4.78 is 32.7. The van der Waals surface area contributed by atoms with E-state index in [1.807, 2.05) is 66.7 Å². The summed E-state index contributed by atoms with van der Waals surface area (Å²) in [7, 11) is 0. The highest BCUT2D eigenvalue weighted by molar-refractivity contribution is 9.10. The Bertz CT molecular complexity index is 1450. The Morgan fingerprint density at radius 2 is 1.56 bits per heavy atom. The summed E-state index contributed by atoms with van der Waals surface area (Å²) in [6.07, 6.45) is -5.08. The summed E-state index contributed by atoms with van der Waals surface area (Å²) in [5.41, 5.74) is 4.00. The number of fused-ring (bicyclic) bond motifs is 1. The molecule has 5 rings (SSSR count). The Morgan fingerprint density at radius 1 is 0.949 bits per heavy atom. The monoisotopic (exact) mass is 621 g/mol. The van der Waals surface area contributed by atoms with Gasteiger partial charge in [0.05, 0.1) is 16.7 Å². The van der Waals surface area contributed by atoms with Crippen molar-refractivity contribution in [2.24, 2.45) is 0 Å². The van der Waals surface area contributed by atoms with Gasteiger partial charge < -0.3 is 15.3 Å². The molecule has 39 heavy (non-hydrogen) atoms. The van der Waals surface area contributed by atoms with Gasteiger partial charge in [-0.1, -0.05) is 48.0 Å². The van der Waals surface area contributed by atoms with Crippen molar-refractivity contribution in [2.45, 2.75) is 12.7 Å². The second-order valence-corrected chi connectivity index (χ2v) is 9.98. The minimum atomic E-state index is -5.08. The van der Waals surface area contributed by atoms with Crippen LogP contribution in [0.15, 0.2) is 77.3 Å². The summed E-state index contributed by atoms with van der Waals surface area (Å²) in [5, 5.41) is 11.4. The number of anilines is 3. The van der Waals surface area contributed by atoms with Crippen LogP contribution < -0.4 is 10.2 Å². The van der Waals surface area contributed by atoms with E-state index in [1.165, 1.54) is 5.56 Å². The topological polar surface area (TPSA) is 81.6 Å². The first-order chi connectivity index (χ1) is 18.6. The fourth-order valence-electron chi connectivity index (χ4n) is 4.00. The molecule has 3 aromatic carbocycles. The lowest BCUT2D eigenvalue weighted by molar-refractivity contribution is -0.192. The van der Waals surface area contributed by atoms with Crippen molar-refractivity contribution in [3.63, 3.8) is 0 Å². The van der Waals surface area contributed by atoms with E-state index in [-0.39, 0.29) is 0 Å². The number of alkyl halides is 3. The van der Waals surface area contributed by atoms with Crippen LogP contribution in [-0.4, -0.2) is 58.3 Å². The number of hydrogen-bond acceptors (Lipinski definition) is 6. The summed E-state index contributed by atoms with van der Waals surface area (Å²) >= 11 is 9.78. The maximum atomic E-state index is 10.6. The maximum Gasteiger partial charge on any atom is 0.490 e. The molecule has 0 aliphatic carbocycles. The van der Waals surface area contributed by atoms with Gasteiger partial charge in [-0.2, -0.15) is 13.2 Å². The highest BCUT2D eigenvalue weighted by Gasteiger charge is 2.38. The van der Waals surface area contributed by atoms with Crippen LogP contribution in [0, 0.1) is 0 Å². The first-order valence-corrected chi connectivity index (χ1v) is 13.1. The van der Waals surface area contributed by atoms with Crippen LogP contribution in [0.1, 0.15) is 5.56 Å². The lowest BCUT2D eigenvalue weighted by atomic mass is 10.2. The molecule has 7 nitrogen and oxygen atoms in total. The number of piperazine rings is 1. The number of para-hydroxylation sites is 3. The number of nitrogens with one attached hydrogen (secondary N) is 1. The number of hydrogen-bond donors (Lipinski definition) is 2. The maximum absolute atomic E-state index is 10.6. The van der Waals surface area contributed by atoms with Gasteiger partial charge in [0.15, 0.2) is 11.6 Å². The molecular weight excluding hydrogens is 599 g/mol. The molecule has 0 spiro atoms. The van der Waals surface area contributed by atoms with E-state index in [4.69, 9.17) is 31.5 Å². The van der Waals surface area contributed by atoms with Crippen molar-refractivity contribution >= 4 is 61.9 Å². The van der Waals surface area contributed by atoms with Gasteiger partial charge in [0.2, 0.25) is 0 Å². The van der Waals surface area contributed by atoms with Gasteiger partial charge in [-0.3, -0.25) is 4.90 Å². The minimum Gasteiger partial charge on any atom is -0.475 e. The van der Waals surface area contributed by atoms with Crippen LogP contribution in [0.3, 0.4) is 0 Å². The molecule has 1 aliphatic rings. The highest BCUT2D eigenvalue weighted by atomic mass is 79.9. The fraction of sp³-hybridized carbons (Fsp3) is 0.222. The van der Waals surface area contributed by atoms with Crippen molar-refractivity contribution in [3.05, 3.63) is 87.9 Å². The second kappa shape index (κ2) is 12.6. The zero-order chi connectivity index (χ0) is 28.0. The minimum absolute atomic E-state index is 0.777. The van der Waals surface area contributed by atoms with E-state index in [0.29, 0.717) is 0 Å². The normalized spacial score (nSPS) is 14.0. The third kappa shape index (κ3) is 7.81. The molecule has 204 valence electrons. The second-order valence-electron chi connectivity index (χ2n) is 8.69. The lowest BCUT2D eigenvalue weighted by Crippen LogP contribution is -2.46. The van der Waals surface area contributed by atoms with Gasteiger partial charge in [-0.25, -0.2) is 14.8 Å². The number of aromatic nitrogens is 2. The Kier molecular flexibility index (Phi) is 9.26. The van der Waals surface area contributed by atoms with E-state index in [2.05, 4.69) is 37.1 Å². The van der Waals surface area contributed by atoms with Gasteiger partial charge in [0.1, 0.15) is 0 Å². The van der Waals surface area contributed by atoms with Crippen molar-refractivity contribution in [1.82, 2.24) is 14.9 Å². The van der Waals surface area contributed by atoms with Gasteiger partial charge in [-0.05, 0) is 57.9 Å². The molecule has 0 bridgehead atoms. The van der Waals surface area contributed by atoms with E-state index in [1.54, 1.807) is 0 Å². The van der Waals surface area contributed by atoms with E-state index >= 15 is 0 Å². The van der Waals surface area contributed by atoms with Crippen molar-refractivity contribution in [1.29, 1.82) is 0 Å². The Labute approximate surface area is 236 Å². The Balaban J connectivity index is 0.000000448. The molecule has 0 amide bonds. The predicted octanol–water partition coefficient (Wildman–Crippen LogP) is 6.74. The van der Waals surface area contributed by atoms with Gasteiger partial charge in [0.25, 0.3) is 0 Å². The Hall–Kier alpha value is -3.41. The number of carboxylic acids is 1. The smallest absolute Gasteiger partial charge is 0.475 e. The summed E-state index contributed by atoms with van der Waals surface area (Å²) in [6, 6.07) is 24.2. The molecule has 0 atom stereocenters. The third-order valence-corrected chi connectivity index (χ3v) is 6.82. The first kappa shape index (κ1) is 28.6. The first-order valence-electron chi connectivity index (χ1n) is 11.9. The fourth-order valence-corrected chi connectivity index (χ4v) is 4.59. The number of aliphatic carboxylic acids is 1. The number of rotatable bonds is 5. The van der Waals surface area contributed by atoms with Crippen molar-refractivity contribution < 1.29 is 23.1 Å². The van der Waals surface area contributed by atoms with E-state index < -0.39 is 12.1 Å². The molecular formula is C27H24BrClF3N5O2. The number of carboxylic acid groups (broad SMARTS) is 1. The van der Waals surface area contributed by atoms with Crippen LogP contribution in [-0.2, 0) is 11.3 Å². The number of nitrogens with zero attached hydrogens (tertiary/aromatic N) is 4. The molecule has 1 aromatic heterocycles. The Morgan fingerprint density at radius 3 is 2.18 bits per heavy atom. The van der Waals surface area contributed by atoms with E-state index in [9.17, 15) is 13.2 Å². The SMILES string of the molecule is Clc1cccc(CN2CCN(c3nc4ccccc4nc3Nc3ccccc3Br)CC2)c1.O=C(O)C(F)(F)F. The van der Waals surface area contributed by atoms with Crippen LogP contribution >= 0.6 is 27.5 Å². The van der Waals surface area contributed by atoms with Crippen molar-refractivity contribution in [3.8, 4) is 0 Å². The third-order valence-electron chi connectivity index (χ3n) is 5.89. The molecule has 1 aliphatic heterocycles. The average molecular weight is 623 g/mol. The van der Waals surface area contributed by atoms with Gasteiger partial charge in [-0.15, -0.1) is 0 Å². The predicted molar refractivity (Wildman–Crippen MR) is 150 cm³/mol. The van der Waals surface area contributed by atoms with Crippen LogP contribution in [0.5, 0.6) is 0 Å². The zero-order valence-corrected chi connectivity index (χ0v) is 22.8. The largest absolute Gasteiger partial charge is 0.490 e. The van der Waals surface area contributed by atoms with Crippen molar-refractivity contribution in [2.75, 3.05) is 36.4 Å². The van der Waals surface area contributed by atoms with Gasteiger partial charge in [0, 0.05) is 42.2 Å². The molecule has 0 radical (unpaired) electrons. The zero-order valence-electron chi connectivity index (χ0n) is 20.5. The van der Waals surface area contributed by atoms with Crippen LogP contribution in [0.25, 0.3) is 11.0 Å². The summed E-state index contributed by atoms with van der Waals surface area (Å²) in [4.78, 5) is 23.6. The van der Waals surface area contributed by atoms with Gasteiger partial charge >= 0.3 is 12.1 Å². The molecule has 0 unspecified atom stereocenters. The molecule has 0 saturated carbocycles. The standard InChI is InChI=1S/C25H23BrClN5.C2HF3O2/c26-20-8-1-2-9-21(20)28-24-25(30-23-11-4-3-10-22(23)29-24)32-14-12-31(13-15-32)17-18-6-5-7-19(27)16-18;3-2(4,5)1(6)7/h1-11,16H,12-15,17H2,(H,28,29);(H,6,7). The number of halogens is 5. The van der Waals surface area contributed by atoms with Crippen LogP contribution in [0.4, 0.5) is 30.5 Å². The quantitative estimate of drug-likeness (QED) is 0.255. The summed E-state index contributed by atoms with van der Waals surface area (Å²) in [6.45, 7) is 4.58. The average Bonchev–Trinajstić information content (AvgIpc) is 2.90. The molecule has 1 fully saturated rings. The number of carbonyl (C=O) groups is 1. The molecule has 2 heterocycles. The molecule has 1 saturated heterocycles. The van der Waals surface area contributed by atoms with Crippen LogP contribution in [0.2, 0.25) is 5.02 Å². The molecule has 12 heteroatoms. The van der Waals surface area contributed by atoms with E-state index in [0.717, 1.165) is 70.6 Å². The number of benzene rings is 3.